The summed E-state index contributed by atoms with van der Waals surface area (Å²) in [7, 11) is 0. The lowest BCUT2D eigenvalue weighted by molar-refractivity contribution is -0.152. The van der Waals surface area contributed by atoms with E-state index < -0.39 is 29.5 Å². The number of amides is 3. The number of nitrogens with zero attached hydrogens (tertiary/aromatic N) is 4. The minimum Gasteiger partial charge on any atom is -0.368 e. The van der Waals surface area contributed by atoms with Gasteiger partial charge in [0.15, 0.2) is 0 Å². The van der Waals surface area contributed by atoms with Gasteiger partial charge in [0.1, 0.15) is 0 Å². The SMILES string of the molecule is Cc1ccc(Sc2ccc(N3CCN(C(=O)C(=O)N4CCN(C(=O)c5cccc(C(F)(F)F)c5)CC4)CC3)cc2)c(C)c1. The molecule has 2 saturated heterocycles. The van der Waals surface area contributed by atoms with Crippen LogP contribution in [0.15, 0.2) is 76.5 Å². The fourth-order valence-electron chi connectivity index (χ4n) is 5.33. The Labute approximate surface area is 253 Å². The van der Waals surface area contributed by atoms with Crippen LogP contribution in [0.2, 0.25) is 0 Å². The van der Waals surface area contributed by atoms with E-state index in [1.54, 1.807) is 16.7 Å². The number of hydrogen-bond donors (Lipinski definition) is 0. The molecule has 0 N–H and O–H groups in total. The summed E-state index contributed by atoms with van der Waals surface area (Å²) in [6, 6.07) is 19.1. The van der Waals surface area contributed by atoms with Crippen molar-refractivity contribution in [3.8, 4) is 0 Å². The molecule has 0 aliphatic carbocycles. The largest absolute Gasteiger partial charge is 0.416 e. The van der Waals surface area contributed by atoms with Gasteiger partial charge in [-0.2, -0.15) is 13.2 Å². The zero-order valence-corrected chi connectivity index (χ0v) is 24.9. The molecule has 2 fully saturated rings. The van der Waals surface area contributed by atoms with Crippen LogP contribution < -0.4 is 4.90 Å². The van der Waals surface area contributed by atoms with E-state index in [1.807, 2.05) is 0 Å². The molecular formula is C32H33F3N4O3S. The highest BCUT2D eigenvalue weighted by Gasteiger charge is 2.34. The van der Waals surface area contributed by atoms with Gasteiger partial charge in [0.05, 0.1) is 5.56 Å². The molecule has 0 saturated carbocycles. The third kappa shape index (κ3) is 7.15. The van der Waals surface area contributed by atoms with E-state index in [9.17, 15) is 27.6 Å². The molecule has 226 valence electrons. The summed E-state index contributed by atoms with van der Waals surface area (Å²) in [4.78, 5) is 47.7. The van der Waals surface area contributed by atoms with Gasteiger partial charge in [-0.15, -0.1) is 0 Å². The number of rotatable bonds is 4. The highest BCUT2D eigenvalue weighted by Crippen LogP contribution is 2.32. The van der Waals surface area contributed by atoms with Crippen molar-refractivity contribution in [2.24, 2.45) is 0 Å². The Bertz CT molecular complexity index is 1500. The van der Waals surface area contributed by atoms with Gasteiger partial charge in [-0.25, -0.2) is 0 Å². The van der Waals surface area contributed by atoms with E-state index in [0.717, 1.165) is 22.7 Å². The summed E-state index contributed by atoms with van der Waals surface area (Å²) >= 11 is 1.72. The number of hydrogen-bond acceptors (Lipinski definition) is 5. The van der Waals surface area contributed by atoms with Crippen molar-refractivity contribution in [3.05, 3.63) is 89.0 Å². The molecule has 0 unspecified atom stereocenters. The van der Waals surface area contributed by atoms with Crippen LogP contribution in [-0.2, 0) is 15.8 Å². The molecule has 43 heavy (non-hydrogen) atoms. The normalized spacial score (nSPS) is 15.9. The molecule has 0 radical (unpaired) electrons. The maximum absolute atomic E-state index is 13.0. The molecule has 11 heteroatoms. The van der Waals surface area contributed by atoms with Crippen LogP contribution in [0.4, 0.5) is 18.9 Å². The quantitative estimate of drug-likeness (QED) is 0.385. The van der Waals surface area contributed by atoms with Gasteiger partial charge in [0.25, 0.3) is 5.91 Å². The van der Waals surface area contributed by atoms with Crippen molar-refractivity contribution in [3.63, 3.8) is 0 Å². The molecular weight excluding hydrogens is 577 g/mol. The minimum absolute atomic E-state index is 0.0571. The van der Waals surface area contributed by atoms with Gasteiger partial charge in [0.2, 0.25) is 0 Å². The molecule has 7 nitrogen and oxygen atoms in total. The molecule has 3 aromatic carbocycles. The Morgan fingerprint density at radius 2 is 1.28 bits per heavy atom. The number of carbonyl (C=O) groups excluding carboxylic acids is 3. The molecule has 0 spiro atoms. The maximum Gasteiger partial charge on any atom is 0.416 e. The number of benzene rings is 3. The standard InChI is InChI=1S/C32H33F3N4O3S/c1-22-6-11-28(23(2)20-22)43-27-9-7-26(8-10-27)36-12-14-38(15-13-36)30(41)31(42)39-18-16-37(17-19-39)29(40)24-4-3-5-25(21-24)32(33,34)35/h3-11,20-21H,12-19H2,1-2H3. The maximum atomic E-state index is 13.0. The van der Waals surface area contributed by atoms with Gasteiger partial charge in [-0.1, -0.05) is 35.5 Å². The fraction of sp³-hybridized carbons (Fsp3) is 0.344. The van der Waals surface area contributed by atoms with E-state index in [2.05, 4.69) is 61.2 Å². The third-order valence-corrected chi connectivity index (χ3v) is 8.99. The van der Waals surface area contributed by atoms with Gasteiger partial charge in [0, 0.05) is 73.4 Å². The third-order valence-electron chi connectivity index (χ3n) is 7.80. The first-order chi connectivity index (χ1) is 20.5. The first-order valence-electron chi connectivity index (χ1n) is 14.1. The average Bonchev–Trinajstić information content (AvgIpc) is 3.01. The second-order valence-corrected chi connectivity index (χ2v) is 11.9. The molecule has 2 heterocycles. The highest BCUT2D eigenvalue weighted by molar-refractivity contribution is 7.99. The fourth-order valence-corrected chi connectivity index (χ4v) is 6.21. The lowest BCUT2D eigenvalue weighted by atomic mass is 10.1. The lowest BCUT2D eigenvalue weighted by Gasteiger charge is -2.38. The van der Waals surface area contributed by atoms with Crippen LogP contribution in [0, 0.1) is 13.8 Å². The van der Waals surface area contributed by atoms with E-state index >= 15 is 0 Å². The van der Waals surface area contributed by atoms with Crippen LogP contribution in [0.25, 0.3) is 0 Å². The monoisotopic (exact) mass is 610 g/mol. The van der Waals surface area contributed by atoms with Crippen molar-refractivity contribution < 1.29 is 27.6 Å². The predicted molar refractivity (Wildman–Crippen MR) is 159 cm³/mol. The Morgan fingerprint density at radius 3 is 1.86 bits per heavy atom. The van der Waals surface area contributed by atoms with Crippen molar-refractivity contribution in [1.82, 2.24) is 14.7 Å². The van der Waals surface area contributed by atoms with Crippen molar-refractivity contribution in [2.45, 2.75) is 29.8 Å². The number of anilines is 1. The zero-order chi connectivity index (χ0) is 30.7. The smallest absolute Gasteiger partial charge is 0.368 e. The lowest BCUT2D eigenvalue weighted by Crippen LogP contribution is -2.57. The Morgan fingerprint density at radius 1 is 0.698 bits per heavy atom. The summed E-state index contributed by atoms with van der Waals surface area (Å²) < 4.78 is 39.1. The Kier molecular flexibility index (Phi) is 9.00. The topological polar surface area (TPSA) is 64.2 Å². The average molecular weight is 611 g/mol. The highest BCUT2D eigenvalue weighted by atomic mass is 32.2. The van der Waals surface area contributed by atoms with E-state index in [0.29, 0.717) is 26.2 Å². The summed E-state index contributed by atoms with van der Waals surface area (Å²) in [5.41, 5.74) is 2.60. The number of halogens is 3. The first kappa shape index (κ1) is 30.5. The molecule has 3 aromatic rings. The second kappa shape index (κ2) is 12.7. The van der Waals surface area contributed by atoms with Crippen LogP contribution in [-0.4, -0.2) is 84.8 Å². The van der Waals surface area contributed by atoms with Crippen LogP contribution in [0.5, 0.6) is 0 Å². The van der Waals surface area contributed by atoms with E-state index in [1.165, 1.54) is 38.0 Å². The number of piperazine rings is 2. The second-order valence-electron chi connectivity index (χ2n) is 10.8. The summed E-state index contributed by atoms with van der Waals surface area (Å²) in [6.45, 7) is 6.78. The van der Waals surface area contributed by atoms with E-state index in [-0.39, 0.29) is 31.7 Å². The first-order valence-corrected chi connectivity index (χ1v) is 15.0. The van der Waals surface area contributed by atoms with Crippen LogP contribution in [0.1, 0.15) is 27.0 Å². The molecule has 0 aromatic heterocycles. The van der Waals surface area contributed by atoms with Crippen molar-refractivity contribution in [1.29, 1.82) is 0 Å². The Balaban J connectivity index is 1.09. The van der Waals surface area contributed by atoms with Gasteiger partial charge in [-0.3, -0.25) is 14.4 Å². The van der Waals surface area contributed by atoms with Crippen molar-refractivity contribution >= 4 is 35.2 Å². The van der Waals surface area contributed by atoms with Gasteiger partial charge >= 0.3 is 18.0 Å². The van der Waals surface area contributed by atoms with Gasteiger partial charge < -0.3 is 19.6 Å². The summed E-state index contributed by atoms with van der Waals surface area (Å²) in [5, 5.41) is 0. The molecule has 2 aliphatic rings. The summed E-state index contributed by atoms with van der Waals surface area (Å²) in [6.07, 6.45) is -4.54. The molecule has 0 bridgehead atoms. The Hall–Kier alpha value is -3.99. The molecule has 5 rings (SSSR count). The van der Waals surface area contributed by atoms with Crippen molar-refractivity contribution in [2.75, 3.05) is 57.3 Å². The van der Waals surface area contributed by atoms with Crippen LogP contribution >= 0.6 is 11.8 Å². The predicted octanol–water partition coefficient (Wildman–Crippen LogP) is 5.11. The van der Waals surface area contributed by atoms with Gasteiger partial charge in [-0.05, 0) is 67.9 Å². The summed E-state index contributed by atoms with van der Waals surface area (Å²) in [5.74, 6) is -1.72. The number of carbonyl (C=O) groups is 3. The number of aryl methyl sites for hydroxylation is 2. The van der Waals surface area contributed by atoms with Crippen LogP contribution in [0.3, 0.4) is 0 Å². The molecule has 0 atom stereocenters. The van der Waals surface area contributed by atoms with E-state index in [4.69, 9.17) is 0 Å². The molecule has 2 aliphatic heterocycles. The minimum atomic E-state index is -4.54. The number of alkyl halides is 3. The molecule has 3 amide bonds. The zero-order valence-electron chi connectivity index (χ0n) is 24.1.